The smallest absolute Gasteiger partial charge is 0.254 e. The van der Waals surface area contributed by atoms with Crippen molar-refractivity contribution in [1.82, 2.24) is 4.90 Å². The van der Waals surface area contributed by atoms with Crippen molar-refractivity contribution in [2.24, 2.45) is 0 Å². The lowest BCUT2D eigenvalue weighted by Crippen LogP contribution is -2.31. The lowest BCUT2D eigenvalue weighted by molar-refractivity contribution is -0.121. The molecule has 1 atom stereocenters. The second-order valence-electron chi connectivity index (χ2n) is 6.35. The van der Waals surface area contributed by atoms with E-state index in [1.807, 2.05) is 16.3 Å². The molecule has 4 rings (SSSR count). The quantitative estimate of drug-likeness (QED) is 0.794. The van der Waals surface area contributed by atoms with E-state index in [-0.39, 0.29) is 36.6 Å². The highest BCUT2D eigenvalue weighted by Crippen LogP contribution is 2.36. The molecule has 0 N–H and O–H groups in total. The van der Waals surface area contributed by atoms with Gasteiger partial charge in [-0.25, -0.2) is 0 Å². The van der Waals surface area contributed by atoms with Crippen LogP contribution in [-0.4, -0.2) is 29.2 Å². The van der Waals surface area contributed by atoms with E-state index in [4.69, 9.17) is 0 Å². The summed E-state index contributed by atoms with van der Waals surface area (Å²) < 4.78 is 0. The normalized spacial score (nSPS) is 20.6. The van der Waals surface area contributed by atoms with Crippen molar-refractivity contribution in [1.29, 1.82) is 0 Å². The van der Waals surface area contributed by atoms with Gasteiger partial charge in [-0.1, -0.05) is 12.1 Å². The Balaban J connectivity index is 1.61. The molecule has 2 aliphatic heterocycles. The number of anilines is 1. The Morgan fingerprint density at radius 2 is 1.88 bits per heavy atom. The first-order valence-corrected chi connectivity index (χ1v) is 9.33. The van der Waals surface area contributed by atoms with Crippen LogP contribution in [0, 0.1) is 0 Å². The molecule has 5 nitrogen and oxygen atoms in total. The molecular formula is C19H18N2O3S. The number of carbonyl (C=O) groups is 3. The summed E-state index contributed by atoms with van der Waals surface area (Å²) in [7, 11) is 0. The van der Waals surface area contributed by atoms with Gasteiger partial charge in [0.25, 0.3) is 5.91 Å². The van der Waals surface area contributed by atoms with Crippen LogP contribution in [0.1, 0.15) is 47.0 Å². The average molecular weight is 354 g/mol. The van der Waals surface area contributed by atoms with Crippen LogP contribution in [0.15, 0.2) is 41.8 Å². The van der Waals surface area contributed by atoms with Crippen LogP contribution in [0.2, 0.25) is 0 Å². The van der Waals surface area contributed by atoms with Crippen molar-refractivity contribution >= 4 is 34.7 Å². The molecule has 0 bridgehead atoms. The van der Waals surface area contributed by atoms with Crippen molar-refractivity contribution in [3.63, 3.8) is 0 Å². The van der Waals surface area contributed by atoms with Crippen molar-refractivity contribution in [3.8, 4) is 0 Å². The van der Waals surface area contributed by atoms with Gasteiger partial charge in [0.05, 0.1) is 11.7 Å². The lowest BCUT2D eigenvalue weighted by atomic mass is 10.1. The molecule has 1 aromatic carbocycles. The second kappa shape index (κ2) is 6.44. The van der Waals surface area contributed by atoms with Crippen molar-refractivity contribution < 1.29 is 14.4 Å². The first-order valence-electron chi connectivity index (χ1n) is 8.45. The molecule has 0 aliphatic carbocycles. The molecule has 0 unspecified atom stereocenters. The van der Waals surface area contributed by atoms with Crippen LogP contribution in [0.3, 0.4) is 0 Å². The fourth-order valence-corrected chi connectivity index (χ4v) is 4.47. The number of carbonyl (C=O) groups excluding carboxylic acids is 3. The number of amides is 3. The lowest BCUT2D eigenvalue weighted by Gasteiger charge is -2.24. The molecular weight excluding hydrogens is 336 g/mol. The summed E-state index contributed by atoms with van der Waals surface area (Å²) in [6.07, 6.45) is 2.43. The van der Waals surface area contributed by atoms with Gasteiger partial charge in [-0.2, -0.15) is 0 Å². The van der Waals surface area contributed by atoms with E-state index < -0.39 is 0 Å². The van der Waals surface area contributed by atoms with Crippen LogP contribution in [0.4, 0.5) is 5.69 Å². The molecule has 128 valence electrons. The Hall–Kier alpha value is -2.47. The molecule has 0 saturated carbocycles. The Morgan fingerprint density at radius 3 is 2.60 bits per heavy atom. The predicted molar refractivity (Wildman–Crippen MR) is 95.5 cm³/mol. The number of hydrogen-bond donors (Lipinski definition) is 0. The maximum absolute atomic E-state index is 13.0. The number of benzene rings is 1. The topological polar surface area (TPSA) is 57.7 Å². The van der Waals surface area contributed by atoms with Gasteiger partial charge < -0.3 is 4.90 Å². The van der Waals surface area contributed by atoms with Crippen molar-refractivity contribution in [3.05, 3.63) is 52.2 Å². The van der Waals surface area contributed by atoms with Gasteiger partial charge in [0, 0.05) is 29.8 Å². The molecule has 0 spiro atoms. The third-order valence-electron chi connectivity index (χ3n) is 4.79. The van der Waals surface area contributed by atoms with Gasteiger partial charge in [0.15, 0.2) is 0 Å². The summed E-state index contributed by atoms with van der Waals surface area (Å²) in [5.41, 5.74) is 1.01. The monoisotopic (exact) mass is 354 g/mol. The molecule has 0 radical (unpaired) electrons. The number of likely N-dealkylation sites (tertiary alicyclic amines) is 1. The molecule has 6 heteroatoms. The van der Waals surface area contributed by atoms with E-state index >= 15 is 0 Å². The van der Waals surface area contributed by atoms with E-state index in [0.717, 1.165) is 19.4 Å². The predicted octanol–water partition coefficient (Wildman–Crippen LogP) is 3.38. The van der Waals surface area contributed by atoms with Gasteiger partial charge >= 0.3 is 0 Å². The molecule has 25 heavy (non-hydrogen) atoms. The third kappa shape index (κ3) is 2.87. The van der Waals surface area contributed by atoms with Crippen LogP contribution in [0.5, 0.6) is 0 Å². The first-order chi connectivity index (χ1) is 12.1. The zero-order valence-electron chi connectivity index (χ0n) is 13.7. The van der Waals surface area contributed by atoms with Crippen LogP contribution < -0.4 is 4.90 Å². The number of nitrogens with zero attached hydrogens (tertiary/aromatic N) is 2. The number of imide groups is 1. The number of thiophene rings is 1. The fraction of sp³-hybridized carbons (Fsp3) is 0.316. The van der Waals surface area contributed by atoms with Crippen LogP contribution in [0.25, 0.3) is 0 Å². The highest BCUT2D eigenvalue weighted by molar-refractivity contribution is 7.10. The number of rotatable bonds is 3. The maximum atomic E-state index is 13.0. The molecule has 3 amide bonds. The Bertz CT molecular complexity index is 815. The average Bonchev–Trinajstić information content (AvgIpc) is 3.35. The minimum absolute atomic E-state index is 0.0446. The molecule has 2 saturated heterocycles. The van der Waals surface area contributed by atoms with Gasteiger partial charge in [-0.3, -0.25) is 19.3 Å². The molecule has 2 fully saturated rings. The third-order valence-corrected chi connectivity index (χ3v) is 5.76. The van der Waals surface area contributed by atoms with Crippen molar-refractivity contribution in [2.75, 3.05) is 11.4 Å². The standard InChI is InChI=1S/C19H18N2O3S/c22-17-8-9-18(23)21(17)14-5-1-4-13(12-14)19(24)20-10-2-6-15(20)16-7-3-11-25-16/h1,3-5,7,11-12,15H,2,6,8-10H2/t15-/m0/s1. The van der Waals surface area contributed by atoms with Crippen LogP contribution >= 0.6 is 11.3 Å². The fourth-order valence-electron chi connectivity index (χ4n) is 3.59. The number of hydrogen-bond acceptors (Lipinski definition) is 4. The van der Waals surface area contributed by atoms with E-state index in [0.29, 0.717) is 11.3 Å². The van der Waals surface area contributed by atoms with Gasteiger partial charge in [-0.15, -0.1) is 11.3 Å². The summed E-state index contributed by atoms with van der Waals surface area (Å²) in [6.45, 7) is 0.729. The van der Waals surface area contributed by atoms with Crippen LogP contribution in [-0.2, 0) is 9.59 Å². The zero-order chi connectivity index (χ0) is 17.4. The van der Waals surface area contributed by atoms with E-state index in [9.17, 15) is 14.4 Å². The molecule has 3 heterocycles. The maximum Gasteiger partial charge on any atom is 0.254 e. The van der Waals surface area contributed by atoms with Gasteiger partial charge in [-0.05, 0) is 42.5 Å². The SMILES string of the molecule is O=C1CCC(=O)N1c1cccc(C(=O)N2CCC[C@H]2c2cccs2)c1. The summed E-state index contributed by atoms with van der Waals surface area (Å²) in [5, 5.41) is 2.03. The first kappa shape index (κ1) is 16.0. The van der Waals surface area contributed by atoms with E-state index in [1.54, 1.807) is 35.6 Å². The van der Waals surface area contributed by atoms with E-state index in [2.05, 4.69) is 6.07 Å². The Morgan fingerprint density at radius 1 is 1.08 bits per heavy atom. The van der Waals surface area contributed by atoms with Gasteiger partial charge in [0.2, 0.25) is 11.8 Å². The van der Waals surface area contributed by atoms with E-state index in [1.165, 1.54) is 9.78 Å². The summed E-state index contributed by atoms with van der Waals surface area (Å²) in [5.74, 6) is -0.448. The summed E-state index contributed by atoms with van der Waals surface area (Å²) in [4.78, 5) is 41.2. The highest BCUT2D eigenvalue weighted by Gasteiger charge is 2.33. The summed E-state index contributed by atoms with van der Waals surface area (Å²) in [6, 6.07) is 11.0. The Kier molecular flexibility index (Phi) is 4.13. The molecule has 1 aromatic heterocycles. The minimum atomic E-state index is -0.202. The minimum Gasteiger partial charge on any atom is -0.331 e. The molecule has 2 aliphatic rings. The largest absolute Gasteiger partial charge is 0.331 e. The highest BCUT2D eigenvalue weighted by atomic mass is 32.1. The van der Waals surface area contributed by atoms with Gasteiger partial charge in [0.1, 0.15) is 0 Å². The summed E-state index contributed by atoms with van der Waals surface area (Å²) >= 11 is 1.67. The van der Waals surface area contributed by atoms with Crippen molar-refractivity contribution in [2.45, 2.75) is 31.7 Å². The second-order valence-corrected chi connectivity index (χ2v) is 7.32. The molecule has 2 aromatic rings. The Labute approximate surface area is 149 Å². The zero-order valence-corrected chi connectivity index (χ0v) is 14.5.